The summed E-state index contributed by atoms with van der Waals surface area (Å²) in [5, 5.41) is 2.71. The number of pyridine rings is 1. The lowest BCUT2D eigenvalue weighted by molar-refractivity contribution is 0.0600. The predicted octanol–water partition coefficient (Wildman–Crippen LogP) is 3.73. The van der Waals surface area contributed by atoms with Crippen LogP contribution in [0.15, 0.2) is 60.8 Å². The van der Waals surface area contributed by atoms with E-state index in [0.717, 1.165) is 11.1 Å². The Balaban J connectivity index is 1.29. The van der Waals surface area contributed by atoms with E-state index in [1.54, 1.807) is 0 Å². The largest absolute Gasteiger partial charge is 0.465 e. The van der Waals surface area contributed by atoms with Gasteiger partial charge in [0.25, 0.3) is 0 Å². The Hall–Kier alpha value is -4.31. The molecule has 0 bridgehead atoms. The number of rotatable bonds is 5. The summed E-state index contributed by atoms with van der Waals surface area (Å²) in [4.78, 5) is 27.8. The number of alkyl carbamates (subject to hydrolysis) is 1. The van der Waals surface area contributed by atoms with Gasteiger partial charge in [0, 0.05) is 25.1 Å². The highest BCUT2D eigenvalue weighted by Crippen LogP contribution is 2.44. The SMILES string of the molecule is COC(=O)c1cnc(N)c(C#CCCNC(=O)OCC2c3ccccc3-c3ccccc32)c1. The first-order valence-corrected chi connectivity index (χ1v) is 10.5. The van der Waals surface area contributed by atoms with Crippen molar-refractivity contribution in [3.8, 4) is 23.0 Å². The molecule has 4 rings (SSSR count). The van der Waals surface area contributed by atoms with E-state index in [4.69, 9.17) is 10.5 Å². The maximum atomic E-state index is 12.2. The number of amides is 1. The molecule has 7 heteroatoms. The second-order valence-corrected chi connectivity index (χ2v) is 7.45. The summed E-state index contributed by atoms with van der Waals surface area (Å²) in [5.74, 6) is 5.50. The molecule has 166 valence electrons. The number of nitrogens with two attached hydrogens (primary N) is 1. The fourth-order valence-electron chi connectivity index (χ4n) is 3.84. The number of nitrogens with zero attached hydrogens (tertiary/aromatic N) is 1. The second-order valence-electron chi connectivity index (χ2n) is 7.45. The number of anilines is 1. The van der Waals surface area contributed by atoms with E-state index in [9.17, 15) is 9.59 Å². The molecule has 7 nitrogen and oxygen atoms in total. The minimum atomic E-state index is -0.512. The fourth-order valence-corrected chi connectivity index (χ4v) is 3.84. The number of benzene rings is 2. The first-order chi connectivity index (χ1) is 16.1. The predicted molar refractivity (Wildman–Crippen MR) is 125 cm³/mol. The molecular formula is C26H23N3O4. The standard InChI is InChI=1S/C26H23N3O4/c1-32-25(30)18-14-17(24(27)29-15-18)8-6-7-13-28-26(31)33-16-23-21-11-4-2-9-19(21)20-10-3-5-12-22(20)23/h2-5,9-12,14-15,23H,7,13,16H2,1H3,(H2,27,29)(H,28,31). The number of fused-ring (bicyclic) bond motifs is 3. The molecule has 0 atom stereocenters. The van der Waals surface area contributed by atoms with Gasteiger partial charge in [-0.05, 0) is 28.3 Å². The van der Waals surface area contributed by atoms with Crippen LogP contribution in [0.4, 0.5) is 10.6 Å². The van der Waals surface area contributed by atoms with Crippen LogP contribution in [0.3, 0.4) is 0 Å². The summed E-state index contributed by atoms with van der Waals surface area (Å²) in [6.07, 6.45) is 1.23. The Bertz CT molecular complexity index is 1210. The van der Waals surface area contributed by atoms with E-state index in [-0.39, 0.29) is 23.9 Å². The van der Waals surface area contributed by atoms with Crippen molar-refractivity contribution in [1.82, 2.24) is 10.3 Å². The monoisotopic (exact) mass is 441 g/mol. The first-order valence-electron chi connectivity index (χ1n) is 10.5. The van der Waals surface area contributed by atoms with Gasteiger partial charge in [-0.15, -0.1) is 0 Å². The van der Waals surface area contributed by atoms with Gasteiger partial charge in [0.15, 0.2) is 0 Å². The van der Waals surface area contributed by atoms with E-state index in [1.807, 2.05) is 24.3 Å². The molecule has 0 unspecified atom stereocenters. The number of carbonyl (C=O) groups excluding carboxylic acids is 2. The number of methoxy groups -OCH3 is 1. The number of nitrogens with one attached hydrogen (secondary N) is 1. The van der Waals surface area contributed by atoms with Crippen molar-refractivity contribution in [2.75, 3.05) is 26.0 Å². The van der Waals surface area contributed by atoms with Gasteiger partial charge in [-0.25, -0.2) is 14.6 Å². The molecule has 0 aliphatic heterocycles. The summed E-state index contributed by atoms with van der Waals surface area (Å²) in [7, 11) is 1.29. The van der Waals surface area contributed by atoms with Crippen molar-refractivity contribution in [3.63, 3.8) is 0 Å². The van der Waals surface area contributed by atoms with E-state index in [2.05, 4.69) is 51.1 Å². The van der Waals surface area contributed by atoms with Gasteiger partial charge in [0.05, 0.1) is 18.2 Å². The van der Waals surface area contributed by atoms with Crippen LogP contribution in [0.2, 0.25) is 0 Å². The maximum Gasteiger partial charge on any atom is 0.407 e. The smallest absolute Gasteiger partial charge is 0.407 e. The van der Waals surface area contributed by atoms with Crippen molar-refractivity contribution < 1.29 is 19.1 Å². The normalized spacial score (nSPS) is 11.5. The number of nitrogen functional groups attached to an aromatic ring is 1. The molecule has 3 aromatic rings. The summed E-state index contributed by atoms with van der Waals surface area (Å²) in [6.45, 7) is 0.571. The minimum absolute atomic E-state index is 0.0144. The summed E-state index contributed by atoms with van der Waals surface area (Å²) >= 11 is 0. The molecule has 1 heterocycles. The molecule has 0 fully saturated rings. The number of ether oxygens (including phenoxy) is 2. The number of esters is 1. The zero-order valence-corrected chi connectivity index (χ0v) is 18.1. The highest BCUT2D eigenvalue weighted by Gasteiger charge is 2.28. The zero-order chi connectivity index (χ0) is 23.2. The lowest BCUT2D eigenvalue weighted by Crippen LogP contribution is -2.26. The Labute approximate surface area is 191 Å². The average molecular weight is 441 g/mol. The van der Waals surface area contributed by atoms with Crippen LogP contribution >= 0.6 is 0 Å². The topological polar surface area (TPSA) is 104 Å². The van der Waals surface area contributed by atoms with Crippen molar-refractivity contribution in [2.24, 2.45) is 0 Å². The maximum absolute atomic E-state index is 12.2. The molecule has 1 aliphatic rings. The molecule has 0 spiro atoms. The molecule has 3 N–H and O–H groups in total. The van der Waals surface area contributed by atoms with Gasteiger partial charge >= 0.3 is 12.1 Å². The minimum Gasteiger partial charge on any atom is -0.465 e. The molecule has 2 aromatic carbocycles. The number of hydrogen-bond donors (Lipinski definition) is 2. The zero-order valence-electron chi connectivity index (χ0n) is 18.1. The summed E-state index contributed by atoms with van der Waals surface area (Å²) in [5.41, 5.74) is 11.2. The highest BCUT2D eigenvalue weighted by molar-refractivity contribution is 5.89. The summed E-state index contributed by atoms with van der Waals surface area (Å²) in [6, 6.07) is 17.9. The third kappa shape index (κ3) is 4.80. The van der Waals surface area contributed by atoms with Crippen LogP contribution in [-0.2, 0) is 9.47 Å². The van der Waals surface area contributed by atoms with Crippen LogP contribution in [0.25, 0.3) is 11.1 Å². The molecule has 1 amide bonds. The van der Waals surface area contributed by atoms with Gasteiger partial charge in [0.2, 0.25) is 0 Å². The van der Waals surface area contributed by atoms with Gasteiger partial charge in [-0.2, -0.15) is 0 Å². The van der Waals surface area contributed by atoms with Crippen molar-refractivity contribution in [1.29, 1.82) is 0 Å². The number of carbonyl (C=O) groups is 2. The Kier molecular flexibility index (Phi) is 6.56. The number of aromatic nitrogens is 1. The van der Waals surface area contributed by atoms with Crippen molar-refractivity contribution in [3.05, 3.63) is 83.0 Å². The number of hydrogen-bond acceptors (Lipinski definition) is 6. The summed E-state index contributed by atoms with van der Waals surface area (Å²) < 4.78 is 10.2. The Morgan fingerprint density at radius 3 is 2.42 bits per heavy atom. The van der Waals surface area contributed by atoms with Crippen LogP contribution in [0.1, 0.15) is 39.4 Å². The Morgan fingerprint density at radius 2 is 1.76 bits per heavy atom. The molecular weight excluding hydrogens is 418 g/mol. The van der Waals surface area contributed by atoms with Gasteiger partial charge in [-0.3, -0.25) is 0 Å². The van der Waals surface area contributed by atoms with Crippen LogP contribution in [0.5, 0.6) is 0 Å². The first kappa shape index (κ1) is 21.9. The third-order valence-electron chi connectivity index (χ3n) is 5.43. The molecule has 0 radical (unpaired) electrons. The van der Waals surface area contributed by atoms with E-state index in [0.29, 0.717) is 18.5 Å². The van der Waals surface area contributed by atoms with Crippen LogP contribution < -0.4 is 11.1 Å². The highest BCUT2D eigenvalue weighted by atomic mass is 16.5. The molecule has 0 saturated heterocycles. The fraction of sp³-hybridized carbons (Fsp3) is 0.192. The Morgan fingerprint density at radius 1 is 1.09 bits per heavy atom. The lowest BCUT2D eigenvalue weighted by atomic mass is 9.98. The van der Waals surface area contributed by atoms with Gasteiger partial charge < -0.3 is 20.5 Å². The van der Waals surface area contributed by atoms with Crippen molar-refractivity contribution >= 4 is 17.9 Å². The van der Waals surface area contributed by atoms with Crippen LogP contribution in [0, 0.1) is 11.8 Å². The molecule has 1 aromatic heterocycles. The van der Waals surface area contributed by atoms with E-state index >= 15 is 0 Å². The molecule has 1 aliphatic carbocycles. The van der Waals surface area contributed by atoms with Crippen molar-refractivity contribution in [2.45, 2.75) is 12.3 Å². The van der Waals surface area contributed by atoms with Gasteiger partial charge in [0.1, 0.15) is 12.4 Å². The molecule has 33 heavy (non-hydrogen) atoms. The molecule has 0 saturated carbocycles. The lowest BCUT2D eigenvalue weighted by Gasteiger charge is -2.14. The van der Waals surface area contributed by atoms with Crippen LogP contribution in [-0.4, -0.2) is 37.3 Å². The van der Waals surface area contributed by atoms with Gasteiger partial charge in [-0.1, -0.05) is 60.4 Å². The third-order valence-corrected chi connectivity index (χ3v) is 5.43. The second kappa shape index (κ2) is 9.88. The average Bonchev–Trinajstić information content (AvgIpc) is 3.16. The van der Waals surface area contributed by atoms with E-state index in [1.165, 1.54) is 30.5 Å². The van der Waals surface area contributed by atoms with E-state index < -0.39 is 12.1 Å². The quantitative estimate of drug-likeness (QED) is 0.355.